The fourth-order valence-electron chi connectivity index (χ4n) is 4.16. The van der Waals surface area contributed by atoms with Crippen LogP contribution >= 0.6 is 0 Å². The summed E-state index contributed by atoms with van der Waals surface area (Å²) in [6, 6.07) is 29.2. The lowest BCUT2D eigenvalue weighted by Gasteiger charge is -2.33. The molecule has 0 aromatic heterocycles. The van der Waals surface area contributed by atoms with Gasteiger partial charge in [0.1, 0.15) is 18.5 Å². The van der Waals surface area contributed by atoms with Crippen LogP contribution in [0.15, 0.2) is 103 Å². The van der Waals surface area contributed by atoms with Gasteiger partial charge in [0.15, 0.2) is 12.2 Å². The zero-order valence-electron chi connectivity index (χ0n) is 20.4. The van der Waals surface area contributed by atoms with Crippen molar-refractivity contribution >= 4 is 5.97 Å². The second-order valence-electron chi connectivity index (χ2n) is 8.73. The van der Waals surface area contributed by atoms with Crippen molar-refractivity contribution in [3.8, 4) is 0 Å². The Morgan fingerprint density at radius 3 is 1.78 bits per heavy atom. The molecule has 0 fully saturated rings. The molecule has 0 heterocycles. The first kappa shape index (κ1) is 25.6. The van der Waals surface area contributed by atoms with Crippen LogP contribution in [0, 0.1) is 0 Å². The highest BCUT2D eigenvalue weighted by Gasteiger charge is 2.42. The van der Waals surface area contributed by atoms with E-state index in [0.717, 1.165) is 16.7 Å². The first-order chi connectivity index (χ1) is 17.6. The van der Waals surface area contributed by atoms with Crippen LogP contribution in [0.5, 0.6) is 0 Å². The predicted octanol–water partition coefficient (Wildman–Crippen LogP) is 4.95. The maximum atomic E-state index is 12.1. The summed E-state index contributed by atoms with van der Waals surface area (Å²) in [5.74, 6) is -0.178. The third kappa shape index (κ3) is 7.28. The van der Waals surface area contributed by atoms with Gasteiger partial charge in [0.2, 0.25) is 0 Å². The van der Waals surface area contributed by atoms with E-state index < -0.39 is 30.4 Å². The van der Waals surface area contributed by atoms with Crippen molar-refractivity contribution in [2.75, 3.05) is 0 Å². The number of benzene rings is 3. The molecular formula is C30H32O6. The number of rotatable bonds is 10. The predicted molar refractivity (Wildman–Crippen MR) is 136 cm³/mol. The number of aliphatic hydroxyl groups excluding tert-OH is 1. The molecular weight excluding hydrogens is 456 g/mol. The minimum Gasteiger partial charge on any atom is -0.491 e. The van der Waals surface area contributed by atoms with Crippen LogP contribution in [0.3, 0.4) is 0 Å². The molecule has 6 heteroatoms. The largest absolute Gasteiger partial charge is 0.491 e. The van der Waals surface area contributed by atoms with Crippen molar-refractivity contribution in [2.24, 2.45) is 0 Å². The Bertz CT molecular complexity index is 1100. The lowest BCUT2D eigenvalue weighted by atomic mass is 10.0. The van der Waals surface area contributed by atoms with Gasteiger partial charge in [-0.3, -0.25) is 4.79 Å². The van der Waals surface area contributed by atoms with Crippen molar-refractivity contribution in [3.05, 3.63) is 120 Å². The normalized spacial score (nSPS) is 21.8. The Labute approximate surface area is 212 Å². The fourth-order valence-corrected chi connectivity index (χ4v) is 4.16. The Hall–Kier alpha value is -3.45. The number of carbonyl (C=O) groups is 1. The Balaban J connectivity index is 1.57. The summed E-state index contributed by atoms with van der Waals surface area (Å²) in [5, 5.41) is 11.3. The van der Waals surface area contributed by atoms with E-state index >= 15 is 0 Å². The van der Waals surface area contributed by atoms with Crippen molar-refractivity contribution in [2.45, 2.75) is 57.6 Å². The molecule has 4 rings (SSSR count). The van der Waals surface area contributed by atoms with Crippen molar-refractivity contribution in [1.29, 1.82) is 0 Å². The Morgan fingerprint density at radius 2 is 1.25 bits per heavy atom. The average molecular weight is 489 g/mol. The van der Waals surface area contributed by atoms with Crippen LogP contribution in [0.2, 0.25) is 0 Å². The monoisotopic (exact) mass is 488 g/mol. The number of carbonyl (C=O) groups excluding carboxylic acids is 1. The summed E-state index contributed by atoms with van der Waals surface area (Å²) >= 11 is 0. The van der Waals surface area contributed by atoms with Gasteiger partial charge in [-0.15, -0.1) is 0 Å². The molecule has 0 spiro atoms. The molecule has 6 nitrogen and oxygen atoms in total. The summed E-state index contributed by atoms with van der Waals surface area (Å²) in [5.41, 5.74) is 2.94. The summed E-state index contributed by atoms with van der Waals surface area (Å²) in [6.07, 6.45) is -1.18. The molecule has 3 aromatic rings. The quantitative estimate of drug-likeness (QED) is 0.407. The smallest absolute Gasteiger partial charge is 0.303 e. The summed E-state index contributed by atoms with van der Waals surface area (Å²) in [7, 11) is 0. The van der Waals surface area contributed by atoms with E-state index in [1.165, 1.54) is 6.92 Å². The van der Waals surface area contributed by atoms with Gasteiger partial charge >= 0.3 is 5.97 Å². The second kappa shape index (κ2) is 13.0. The molecule has 36 heavy (non-hydrogen) atoms. The van der Waals surface area contributed by atoms with Crippen LogP contribution in [-0.2, 0) is 43.6 Å². The lowest BCUT2D eigenvalue weighted by molar-refractivity contribution is -0.183. The van der Waals surface area contributed by atoms with E-state index in [1.54, 1.807) is 0 Å². The van der Waals surface area contributed by atoms with E-state index in [9.17, 15) is 9.90 Å². The molecule has 1 aliphatic carbocycles. The van der Waals surface area contributed by atoms with E-state index in [1.807, 2.05) is 97.1 Å². The van der Waals surface area contributed by atoms with Gasteiger partial charge in [-0.25, -0.2) is 0 Å². The maximum Gasteiger partial charge on any atom is 0.303 e. The van der Waals surface area contributed by atoms with Crippen molar-refractivity contribution < 1.29 is 28.8 Å². The summed E-state index contributed by atoms with van der Waals surface area (Å²) in [4.78, 5) is 12.1. The molecule has 0 saturated heterocycles. The van der Waals surface area contributed by atoms with Gasteiger partial charge in [-0.1, -0.05) is 91.0 Å². The number of ether oxygens (including phenoxy) is 4. The topological polar surface area (TPSA) is 74.2 Å². The average Bonchev–Trinajstić information content (AvgIpc) is 3.03. The van der Waals surface area contributed by atoms with E-state index in [-0.39, 0.29) is 13.2 Å². The molecule has 2 unspecified atom stereocenters. The van der Waals surface area contributed by atoms with Gasteiger partial charge in [0.05, 0.1) is 19.3 Å². The van der Waals surface area contributed by atoms with Crippen LogP contribution in [0.25, 0.3) is 0 Å². The second-order valence-corrected chi connectivity index (χ2v) is 8.73. The van der Waals surface area contributed by atoms with Crippen LogP contribution in [0.4, 0.5) is 0 Å². The van der Waals surface area contributed by atoms with Gasteiger partial charge in [-0.05, 0) is 29.2 Å². The molecule has 4 atom stereocenters. The zero-order chi connectivity index (χ0) is 25.2. The Morgan fingerprint density at radius 1 is 0.750 bits per heavy atom. The standard InChI is InChI=1S/C30H32O6/c1-22(31)36-30-28(32)26(33-19-23-11-5-2-6-12-23)17-18-27(34-20-24-13-7-3-8-14-24)29(30)35-21-25-15-9-4-10-16-25/h2-17,27-30,32H,18-21H2,1H3/t27-,28+,29?,30?/m0/s1. The van der Waals surface area contributed by atoms with E-state index in [0.29, 0.717) is 18.8 Å². The summed E-state index contributed by atoms with van der Waals surface area (Å²) < 4.78 is 24.2. The molecule has 0 bridgehead atoms. The first-order valence-corrected chi connectivity index (χ1v) is 12.1. The maximum absolute atomic E-state index is 12.1. The first-order valence-electron chi connectivity index (χ1n) is 12.1. The number of esters is 1. The highest BCUT2D eigenvalue weighted by atomic mass is 16.6. The van der Waals surface area contributed by atoms with Crippen molar-refractivity contribution in [1.82, 2.24) is 0 Å². The molecule has 0 aliphatic heterocycles. The van der Waals surface area contributed by atoms with Gasteiger partial charge in [-0.2, -0.15) is 0 Å². The van der Waals surface area contributed by atoms with Gasteiger partial charge in [0.25, 0.3) is 0 Å². The molecule has 0 amide bonds. The minimum absolute atomic E-state index is 0.279. The lowest BCUT2D eigenvalue weighted by Crippen LogP contribution is -2.48. The molecule has 0 saturated carbocycles. The highest BCUT2D eigenvalue weighted by molar-refractivity contribution is 5.66. The number of hydrogen-bond acceptors (Lipinski definition) is 6. The SMILES string of the molecule is CC(=O)OC1C(OCc2ccccc2)[C@@H](OCc2ccccc2)CC=C(OCc2ccccc2)[C@H]1O. The zero-order valence-corrected chi connectivity index (χ0v) is 20.4. The van der Waals surface area contributed by atoms with Crippen LogP contribution in [0.1, 0.15) is 30.0 Å². The van der Waals surface area contributed by atoms with E-state index in [2.05, 4.69) is 0 Å². The van der Waals surface area contributed by atoms with E-state index in [4.69, 9.17) is 18.9 Å². The highest BCUT2D eigenvalue weighted by Crippen LogP contribution is 2.29. The van der Waals surface area contributed by atoms with Gasteiger partial charge in [0, 0.05) is 6.92 Å². The fraction of sp³-hybridized carbons (Fsp3) is 0.300. The number of hydrogen-bond donors (Lipinski definition) is 1. The summed E-state index contributed by atoms with van der Waals surface area (Å²) in [6.45, 7) is 2.23. The molecule has 1 aliphatic rings. The van der Waals surface area contributed by atoms with Crippen LogP contribution < -0.4 is 0 Å². The van der Waals surface area contributed by atoms with Crippen molar-refractivity contribution in [3.63, 3.8) is 0 Å². The third-order valence-corrected chi connectivity index (χ3v) is 5.99. The molecule has 0 radical (unpaired) electrons. The molecule has 1 N–H and O–H groups in total. The minimum atomic E-state index is -1.20. The Kier molecular flexibility index (Phi) is 9.27. The van der Waals surface area contributed by atoms with Gasteiger partial charge < -0.3 is 24.1 Å². The number of aliphatic hydroxyl groups is 1. The third-order valence-electron chi connectivity index (χ3n) is 5.99. The molecule has 188 valence electrons. The molecule has 3 aromatic carbocycles. The van der Waals surface area contributed by atoms with Crippen LogP contribution in [-0.4, -0.2) is 35.5 Å².